The van der Waals surface area contributed by atoms with Crippen LogP contribution in [0.1, 0.15) is 31.3 Å². The van der Waals surface area contributed by atoms with Gasteiger partial charge in [0.2, 0.25) is 5.28 Å². The molecule has 0 N–H and O–H groups in total. The van der Waals surface area contributed by atoms with Gasteiger partial charge in [-0.05, 0) is 23.7 Å². The number of rotatable bonds is 4. The van der Waals surface area contributed by atoms with Gasteiger partial charge in [-0.15, -0.1) is 10.2 Å². The summed E-state index contributed by atoms with van der Waals surface area (Å²) in [6, 6.07) is 5.90. The number of aryl methyl sites for hydroxylation is 1. The average molecular weight is 251 g/mol. The van der Waals surface area contributed by atoms with Crippen molar-refractivity contribution in [1.82, 2.24) is 19.7 Å². The zero-order valence-electron chi connectivity index (χ0n) is 9.97. The first-order valence-corrected chi connectivity index (χ1v) is 6.05. The van der Waals surface area contributed by atoms with Gasteiger partial charge in [0.15, 0.2) is 0 Å². The molecule has 0 unspecified atom stereocenters. The van der Waals surface area contributed by atoms with Gasteiger partial charge in [0.25, 0.3) is 0 Å². The minimum Gasteiger partial charge on any atom is -0.301 e. The molecule has 0 aliphatic heterocycles. The fourth-order valence-corrected chi connectivity index (χ4v) is 1.91. The van der Waals surface area contributed by atoms with E-state index in [0.29, 0.717) is 11.2 Å². The fourth-order valence-electron chi connectivity index (χ4n) is 1.70. The maximum Gasteiger partial charge on any atom is 0.225 e. The highest BCUT2D eigenvalue weighted by Gasteiger charge is 2.13. The van der Waals surface area contributed by atoms with Crippen LogP contribution in [0.25, 0.3) is 0 Å². The molecule has 0 saturated carbocycles. The summed E-state index contributed by atoms with van der Waals surface area (Å²) in [7, 11) is 0. The fraction of sp³-hybridized carbons (Fsp3) is 0.417. The van der Waals surface area contributed by atoms with E-state index in [9.17, 15) is 0 Å². The lowest BCUT2D eigenvalue weighted by atomic mass is 10.2. The standard InChI is InChI=1S/C12H15ClN4/c1-9(2)11-15-16-12(13)17(11)8-6-10-5-3-4-7-14-10/h3-5,7,9H,6,8H2,1-2H3. The Morgan fingerprint density at radius 3 is 2.76 bits per heavy atom. The number of nitrogens with zero attached hydrogens (tertiary/aromatic N) is 4. The van der Waals surface area contributed by atoms with Gasteiger partial charge in [0.1, 0.15) is 5.82 Å². The molecule has 0 spiro atoms. The van der Waals surface area contributed by atoms with Gasteiger partial charge in [-0.25, -0.2) is 0 Å². The Morgan fingerprint density at radius 2 is 2.12 bits per heavy atom. The Kier molecular flexibility index (Phi) is 3.74. The minimum atomic E-state index is 0.318. The molecule has 0 aliphatic carbocycles. The highest BCUT2D eigenvalue weighted by atomic mass is 35.5. The topological polar surface area (TPSA) is 43.6 Å². The molecule has 2 aromatic heterocycles. The second-order valence-corrected chi connectivity index (χ2v) is 4.54. The Bertz CT molecular complexity index is 479. The molecule has 0 bridgehead atoms. The van der Waals surface area contributed by atoms with Gasteiger partial charge in [0, 0.05) is 30.8 Å². The SMILES string of the molecule is CC(C)c1nnc(Cl)n1CCc1ccccn1. The van der Waals surface area contributed by atoms with Crippen molar-refractivity contribution in [3.63, 3.8) is 0 Å². The molecule has 0 saturated heterocycles. The van der Waals surface area contributed by atoms with Gasteiger partial charge in [0.05, 0.1) is 0 Å². The van der Waals surface area contributed by atoms with Crippen LogP contribution in [0.5, 0.6) is 0 Å². The van der Waals surface area contributed by atoms with Crippen LogP contribution in [0.15, 0.2) is 24.4 Å². The van der Waals surface area contributed by atoms with E-state index in [0.717, 1.165) is 24.5 Å². The first-order valence-electron chi connectivity index (χ1n) is 5.67. The maximum absolute atomic E-state index is 6.02. The largest absolute Gasteiger partial charge is 0.301 e. The molecule has 0 radical (unpaired) electrons. The number of pyridine rings is 1. The monoisotopic (exact) mass is 250 g/mol. The van der Waals surface area contributed by atoms with Crippen molar-refractivity contribution in [3.05, 3.63) is 41.2 Å². The third kappa shape index (κ3) is 2.82. The molecule has 2 heterocycles. The lowest BCUT2D eigenvalue weighted by Crippen LogP contribution is -2.08. The summed E-state index contributed by atoms with van der Waals surface area (Å²) in [4.78, 5) is 4.29. The second kappa shape index (κ2) is 5.27. The third-order valence-corrected chi connectivity index (χ3v) is 2.85. The van der Waals surface area contributed by atoms with Crippen LogP contribution in [0.3, 0.4) is 0 Å². The predicted octanol–water partition coefficient (Wildman–Crippen LogP) is 2.69. The Morgan fingerprint density at radius 1 is 1.29 bits per heavy atom. The van der Waals surface area contributed by atoms with Crippen molar-refractivity contribution in [2.45, 2.75) is 32.7 Å². The van der Waals surface area contributed by atoms with E-state index in [1.54, 1.807) is 6.20 Å². The highest BCUT2D eigenvalue weighted by molar-refractivity contribution is 6.28. The van der Waals surface area contributed by atoms with Gasteiger partial charge in [-0.2, -0.15) is 0 Å². The Labute approximate surface area is 106 Å². The molecule has 0 aromatic carbocycles. The number of hydrogen-bond donors (Lipinski definition) is 0. The summed E-state index contributed by atoms with van der Waals surface area (Å²) in [6.07, 6.45) is 2.63. The summed E-state index contributed by atoms with van der Waals surface area (Å²) in [5, 5.41) is 8.44. The van der Waals surface area contributed by atoms with Gasteiger partial charge in [-0.3, -0.25) is 4.98 Å². The van der Waals surface area contributed by atoms with Crippen molar-refractivity contribution >= 4 is 11.6 Å². The zero-order valence-corrected chi connectivity index (χ0v) is 10.7. The zero-order chi connectivity index (χ0) is 12.3. The minimum absolute atomic E-state index is 0.318. The molecule has 17 heavy (non-hydrogen) atoms. The predicted molar refractivity (Wildman–Crippen MR) is 67.1 cm³/mol. The van der Waals surface area contributed by atoms with E-state index >= 15 is 0 Å². The smallest absolute Gasteiger partial charge is 0.225 e. The molecule has 2 rings (SSSR count). The molecule has 5 heteroatoms. The Hall–Kier alpha value is -1.42. The molecule has 4 nitrogen and oxygen atoms in total. The van der Waals surface area contributed by atoms with Crippen LogP contribution in [0.2, 0.25) is 5.28 Å². The van der Waals surface area contributed by atoms with Crippen LogP contribution >= 0.6 is 11.6 Å². The Balaban J connectivity index is 2.11. The number of halogens is 1. The first-order chi connectivity index (χ1) is 8.18. The molecule has 90 valence electrons. The second-order valence-electron chi connectivity index (χ2n) is 4.20. The van der Waals surface area contributed by atoms with Crippen molar-refractivity contribution in [3.8, 4) is 0 Å². The summed E-state index contributed by atoms with van der Waals surface area (Å²) < 4.78 is 1.95. The molecule has 0 aliphatic rings. The number of hydrogen-bond acceptors (Lipinski definition) is 3. The molecule has 2 aromatic rings. The van der Waals surface area contributed by atoms with E-state index in [1.807, 2.05) is 22.8 Å². The summed E-state index contributed by atoms with van der Waals surface area (Å²) in [6.45, 7) is 4.92. The van der Waals surface area contributed by atoms with E-state index in [4.69, 9.17) is 11.6 Å². The van der Waals surface area contributed by atoms with Crippen molar-refractivity contribution in [2.24, 2.45) is 0 Å². The molecule has 0 atom stereocenters. The molecular formula is C12H15ClN4. The van der Waals surface area contributed by atoms with Crippen molar-refractivity contribution in [1.29, 1.82) is 0 Å². The summed E-state index contributed by atoms with van der Waals surface area (Å²) >= 11 is 6.02. The van der Waals surface area contributed by atoms with Crippen LogP contribution in [0.4, 0.5) is 0 Å². The van der Waals surface area contributed by atoms with Crippen molar-refractivity contribution < 1.29 is 0 Å². The van der Waals surface area contributed by atoms with Gasteiger partial charge in [-0.1, -0.05) is 19.9 Å². The van der Waals surface area contributed by atoms with Crippen LogP contribution in [0, 0.1) is 0 Å². The van der Waals surface area contributed by atoms with E-state index in [1.165, 1.54) is 0 Å². The lowest BCUT2D eigenvalue weighted by molar-refractivity contribution is 0.615. The summed E-state index contributed by atoms with van der Waals surface area (Å²) in [5.74, 6) is 1.24. The number of aromatic nitrogens is 4. The third-order valence-electron chi connectivity index (χ3n) is 2.57. The van der Waals surface area contributed by atoms with Gasteiger partial charge >= 0.3 is 0 Å². The summed E-state index contributed by atoms with van der Waals surface area (Å²) in [5.41, 5.74) is 1.05. The molecule has 0 fully saturated rings. The first kappa shape index (κ1) is 12.0. The van der Waals surface area contributed by atoms with E-state index in [2.05, 4.69) is 29.0 Å². The van der Waals surface area contributed by atoms with E-state index < -0.39 is 0 Å². The highest BCUT2D eigenvalue weighted by Crippen LogP contribution is 2.16. The quantitative estimate of drug-likeness (QED) is 0.838. The van der Waals surface area contributed by atoms with Gasteiger partial charge < -0.3 is 4.57 Å². The lowest BCUT2D eigenvalue weighted by Gasteiger charge is -2.09. The molecule has 0 amide bonds. The average Bonchev–Trinajstić information content (AvgIpc) is 2.69. The molecular weight excluding hydrogens is 236 g/mol. The van der Waals surface area contributed by atoms with Crippen molar-refractivity contribution in [2.75, 3.05) is 0 Å². The maximum atomic E-state index is 6.02. The van der Waals surface area contributed by atoms with Crippen LogP contribution < -0.4 is 0 Å². The van der Waals surface area contributed by atoms with Crippen LogP contribution in [-0.4, -0.2) is 19.7 Å². The van der Waals surface area contributed by atoms with Crippen LogP contribution in [-0.2, 0) is 13.0 Å². The normalized spacial score (nSPS) is 11.1. The van der Waals surface area contributed by atoms with E-state index in [-0.39, 0.29) is 0 Å².